The van der Waals surface area contributed by atoms with Crippen LogP contribution >= 0.6 is 0 Å². The minimum absolute atomic E-state index is 0.235. The van der Waals surface area contributed by atoms with Crippen molar-refractivity contribution in [2.24, 2.45) is 10.9 Å². The monoisotopic (exact) mass is 310 g/mol. The molecule has 0 unspecified atom stereocenters. The van der Waals surface area contributed by atoms with Crippen LogP contribution in [0.5, 0.6) is 5.75 Å². The molecule has 2 aromatic carbocycles. The number of hydrogen-bond acceptors (Lipinski definition) is 4. The number of ether oxygens (including phenoxy) is 2. The van der Waals surface area contributed by atoms with E-state index in [1.165, 1.54) is 0 Å². The van der Waals surface area contributed by atoms with Crippen LogP contribution in [0.15, 0.2) is 53.5 Å². The molecule has 0 saturated heterocycles. The van der Waals surface area contributed by atoms with Crippen LogP contribution in [0.3, 0.4) is 0 Å². The van der Waals surface area contributed by atoms with Gasteiger partial charge in [-0.25, -0.2) is 4.99 Å². The molecular weight excluding hydrogens is 288 g/mol. The van der Waals surface area contributed by atoms with E-state index in [0.29, 0.717) is 12.5 Å². The van der Waals surface area contributed by atoms with Gasteiger partial charge in [0, 0.05) is 5.69 Å². The highest BCUT2D eigenvalue weighted by molar-refractivity contribution is 6.01. The Hall–Kier alpha value is -2.49. The number of para-hydroxylation sites is 1. The third-order valence-corrected chi connectivity index (χ3v) is 3.97. The summed E-state index contributed by atoms with van der Waals surface area (Å²) in [6, 6.07) is 16.2. The number of nitrogens with zero attached hydrogens (tertiary/aromatic N) is 1. The van der Waals surface area contributed by atoms with Crippen molar-refractivity contribution < 1.29 is 9.47 Å². The number of methoxy groups -OCH3 is 1. The molecule has 1 aliphatic heterocycles. The summed E-state index contributed by atoms with van der Waals surface area (Å²) in [6.45, 7) is 4.99. The summed E-state index contributed by atoms with van der Waals surface area (Å²) < 4.78 is 11.0. The van der Waals surface area contributed by atoms with Crippen LogP contribution in [-0.4, -0.2) is 25.7 Å². The van der Waals surface area contributed by atoms with Crippen LogP contribution < -0.4 is 10.1 Å². The quantitative estimate of drug-likeness (QED) is 0.898. The van der Waals surface area contributed by atoms with E-state index in [2.05, 4.69) is 19.2 Å². The third kappa shape index (κ3) is 3.47. The number of aliphatic imine (C=N–C) groups is 1. The topological polar surface area (TPSA) is 42.8 Å². The van der Waals surface area contributed by atoms with E-state index in [9.17, 15) is 0 Å². The summed E-state index contributed by atoms with van der Waals surface area (Å²) in [5, 5.41) is 3.43. The van der Waals surface area contributed by atoms with Crippen LogP contribution in [0.2, 0.25) is 0 Å². The number of benzene rings is 2. The minimum atomic E-state index is 0.235. The zero-order valence-corrected chi connectivity index (χ0v) is 13.7. The van der Waals surface area contributed by atoms with E-state index in [1.807, 2.05) is 48.5 Å². The van der Waals surface area contributed by atoms with Gasteiger partial charge in [0.1, 0.15) is 12.4 Å². The van der Waals surface area contributed by atoms with Crippen molar-refractivity contribution in [3.63, 3.8) is 0 Å². The fourth-order valence-electron chi connectivity index (χ4n) is 2.49. The summed E-state index contributed by atoms with van der Waals surface area (Å²) in [6.07, 6.45) is 0. The molecule has 0 fully saturated rings. The Bertz CT molecular complexity index is 693. The van der Waals surface area contributed by atoms with E-state index in [4.69, 9.17) is 14.5 Å². The molecule has 0 amide bonds. The van der Waals surface area contributed by atoms with Crippen LogP contribution in [0.1, 0.15) is 19.4 Å². The zero-order valence-electron chi connectivity index (χ0n) is 13.7. The molecular formula is C19H22N2O2. The molecule has 0 bridgehead atoms. The standard InChI is InChI=1S/C19H22N2O2/c1-13(2)18-12-23-19(21-18)16-6-4-5-7-17(16)20-14-8-10-15(22-3)11-9-14/h4-11,13,18,20H,12H2,1-3H3/t18-/m1/s1. The van der Waals surface area contributed by atoms with E-state index in [-0.39, 0.29) is 6.04 Å². The van der Waals surface area contributed by atoms with Gasteiger partial charge in [-0.3, -0.25) is 0 Å². The summed E-state index contributed by atoms with van der Waals surface area (Å²) in [5.41, 5.74) is 2.98. The van der Waals surface area contributed by atoms with Crippen molar-refractivity contribution in [2.75, 3.05) is 19.0 Å². The molecule has 2 aromatic rings. The molecule has 0 saturated carbocycles. The van der Waals surface area contributed by atoms with Crippen LogP contribution in [-0.2, 0) is 4.74 Å². The molecule has 1 heterocycles. The second-order valence-electron chi connectivity index (χ2n) is 5.96. The predicted molar refractivity (Wildman–Crippen MR) is 93.8 cm³/mol. The second kappa shape index (κ2) is 6.73. The van der Waals surface area contributed by atoms with Gasteiger partial charge in [-0.05, 0) is 42.3 Å². The molecule has 23 heavy (non-hydrogen) atoms. The fourth-order valence-corrected chi connectivity index (χ4v) is 2.49. The zero-order chi connectivity index (χ0) is 16.2. The highest BCUT2D eigenvalue weighted by Crippen LogP contribution is 2.26. The van der Waals surface area contributed by atoms with Crippen molar-refractivity contribution in [3.05, 3.63) is 54.1 Å². The lowest BCUT2D eigenvalue weighted by molar-refractivity contribution is 0.292. The Morgan fingerprint density at radius 2 is 1.87 bits per heavy atom. The lowest BCUT2D eigenvalue weighted by Gasteiger charge is -2.12. The average Bonchev–Trinajstić information content (AvgIpc) is 3.06. The molecule has 120 valence electrons. The molecule has 3 rings (SSSR count). The van der Waals surface area contributed by atoms with Crippen LogP contribution in [0, 0.1) is 5.92 Å². The molecule has 0 aliphatic carbocycles. The van der Waals surface area contributed by atoms with E-state index >= 15 is 0 Å². The predicted octanol–water partition coefficient (Wildman–Crippen LogP) is 4.24. The largest absolute Gasteiger partial charge is 0.497 e. The van der Waals surface area contributed by atoms with Gasteiger partial charge < -0.3 is 14.8 Å². The Morgan fingerprint density at radius 1 is 1.13 bits per heavy atom. The molecule has 0 spiro atoms. The van der Waals surface area contributed by atoms with Crippen molar-refractivity contribution in [1.82, 2.24) is 0 Å². The first-order chi connectivity index (χ1) is 11.2. The summed E-state index contributed by atoms with van der Waals surface area (Å²) >= 11 is 0. The number of nitrogens with one attached hydrogen (secondary N) is 1. The maximum atomic E-state index is 5.82. The summed E-state index contributed by atoms with van der Waals surface area (Å²) in [4.78, 5) is 4.72. The Labute approximate surface area is 137 Å². The van der Waals surface area contributed by atoms with Crippen molar-refractivity contribution in [2.45, 2.75) is 19.9 Å². The Kier molecular flexibility index (Phi) is 4.51. The smallest absolute Gasteiger partial charge is 0.218 e. The lowest BCUT2D eigenvalue weighted by Crippen LogP contribution is -2.13. The first-order valence-electron chi connectivity index (χ1n) is 7.88. The van der Waals surface area contributed by atoms with Gasteiger partial charge in [0.25, 0.3) is 0 Å². The van der Waals surface area contributed by atoms with Gasteiger partial charge in [-0.2, -0.15) is 0 Å². The third-order valence-electron chi connectivity index (χ3n) is 3.97. The van der Waals surface area contributed by atoms with Crippen molar-refractivity contribution in [3.8, 4) is 5.75 Å². The molecule has 1 aliphatic rings. The van der Waals surface area contributed by atoms with Gasteiger partial charge >= 0.3 is 0 Å². The Morgan fingerprint density at radius 3 is 2.52 bits per heavy atom. The van der Waals surface area contributed by atoms with Crippen LogP contribution in [0.25, 0.3) is 0 Å². The first kappa shape index (κ1) is 15.4. The maximum absolute atomic E-state index is 5.82. The van der Waals surface area contributed by atoms with Crippen LogP contribution in [0.4, 0.5) is 11.4 Å². The van der Waals surface area contributed by atoms with Crippen molar-refractivity contribution >= 4 is 17.3 Å². The normalized spacial score (nSPS) is 16.9. The van der Waals surface area contributed by atoms with Gasteiger partial charge in [-0.15, -0.1) is 0 Å². The molecule has 0 aromatic heterocycles. The van der Waals surface area contributed by atoms with Gasteiger partial charge in [0.2, 0.25) is 5.90 Å². The SMILES string of the molecule is COc1ccc(Nc2ccccc2C2=N[C@@H](C(C)C)CO2)cc1. The minimum Gasteiger partial charge on any atom is -0.497 e. The van der Waals surface area contributed by atoms with Gasteiger partial charge in [-0.1, -0.05) is 26.0 Å². The summed E-state index contributed by atoms with van der Waals surface area (Å²) in [7, 11) is 1.67. The molecule has 1 N–H and O–H groups in total. The molecule has 1 atom stereocenters. The fraction of sp³-hybridized carbons (Fsp3) is 0.316. The van der Waals surface area contributed by atoms with E-state index in [1.54, 1.807) is 7.11 Å². The number of rotatable bonds is 5. The van der Waals surface area contributed by atoms with E-state index < -0.39 is 0 Å². The molecule has 0 radical (unpaired) electrons. The highest BCUT2D eigenvalue weighted by Gasteiger charge is 2.24. The van der Waals surface area contributed by atoms with E-state index in [0.717, 1.165) is 28.6 Å². The lowest BCUT2D eigenvalue weighted by atomic mass is 10.1. The number of hydrogen-bond donors (Lipinski definition) is 1. The second-order valence-corrected chi connectivity index (χ2v) is 5.96. The Balaban J connectivity index is 1.85. The average molecular weight is 310 g/mol. The first-order valence-corrected chi connectivity index (χ1v) is 7.88. The highest BCUT2D eigenvalue weighted by atomic mass is 16.5. The number of anilines is 2. The maximum Gasteiger partial charge on any atom is 0.218 e. The summed E-state index contributed by atoms with van der Waals surface area (Å²) in [5.74, 6) is 2.04. The molecule has 4 heteroatoms. The van der Waals surface area contributed by atoms with Crippen molar-refractivity contribution in [1.29, 1.82) is 0 Å². The van der Waals surface area contributed by atoms with Gasteiger partial charge in [0.05, 0.1) is 24.4 Å². The molecule has 4 nitrogen and oxygen atoms in total. The van der Waals surface area contributed by atoms with Gasteiger partial charge in [0.15, 0.2) is 0 Å².